The zero-order valence-electron chi connectivity index (χ0n) is 10.4. The highest BCUT2D eigenvalue weighted by atomic mass is 35.5. The van der Waals surface area contributed by atoms with Gasteiger partial charge in [-0.1, -0.05) is 0 Å². The summed E-state index contributed by atoms with van der Waals surface area (Å²) in [6.45, 7) is 2.62. The molecule has 1 aromatic carbocycles. The van der Waals surface area contributed by atoms with Crippen LogP contribution in [0.2, 0.25) is 0 Å². The molecule has 5 heteroatoms. The molecule has 0 fully saturated rings. The fraction of sp³-hybridized carbons (Fsp3) is 0.385. The van der Waals surface area contributed by atoms with Gasteiger partial charge < -0.3 is 9.30 Å². The second-order valence-corrected chi connectivity index (χ2v) is 4.42. The van der Waals surface area contributed by atoms with Crippen LogP contribution in [0.3, 0.4) is 0 Å². The highest BCUT2D eigenvalue weighted by molar-refractivity contribution is 6.16. The Morgan fingerprint density at radius 1 is 1.56 bits per heavy atom. The fourth-order valence-electron chi connectivity index (χ4n) is 2.11. The van der Waals surface area contributed by atoms with Gasteiger partial charge in [0.1, 0.15) is 5.82 Å². The highest BCUT2D eigenvalue weighted by Gasteiger charge is 2.15. The summed E-state index contributed by atoms with van der Waals surface area (Å²) in [5.41, 5.74) is 2.40. The van der Waals surface area contributed by atoms with Crippen molar-refractivity contribution in [1.82, 2.24) is 9.55 Å². The van der Waals surface area contributed by atoms with Crippen LogP contribution in [0.25, 0.3) is 11.0 Å². The first kappa shape index (κ1) is 12.9. The number of rotatable bonds is 4. The van der Waals surface area contributed by atoms with Crippen LogP contribution < -0.4 is 0 Å². The molecule has 1 aromatic heterocycles. The van der Waals surface area contributed by atoms with Crippen LogP contribution in [0.15, 0.2) is 18.2 Å². The van der Waals surface area contributed by atoms with Crippen molar-refractivity contribution >= 4 is 22.6 Å². The molecule has 0 saturated heterocycles. The van der Waals surface area contributed by atoms with Crippen LogP contribution in [0.4, 0.5) is 0 Å². The van der Waals surface area contributed by atoms with E-state index in [1.54, 1.807) is 13.2 Å². The van der Waals surface area contributed by atoms with Gasteiger partial charge in [0.2, 0.25) is 0 Å². The van der Waals surface area contributed by atoms with Crippen LogP contribution in [-0.2, 0) is 10.6 Å². The predicted octanol–water partition coefficient (Wildman–Crippen LogP) is 2.85. The van der Waals surface area contributed by atoms with Crippen molar-refractivity contribution in [3.8, 4) is 6.07 Å². The molecule has 0 radical (unpaired) electrons. The number of fused-ring (bicyclic) bond motifs is 1. The fourth-order valence-corrected chi connectivity index (χ4v) is 2.30. The number of nitrogens with zero attached hydrogens (tertiary/aromatic N) is 3. The minimum atomic E-state index is 0.127. The maximum atomic E-state index is 8.96. The quantitative estimate of drug-likeness (QED) is 0.797. The first-order valence-corrected chi connectivity index (χ1v) is 6.20. The summed E-state index contributed by atoms with van der Waals surface area (Å²) in [5, 5.41) is 8.96. The van der Waals surface area contributed by atoms with Gasteiger partial charge in [-0.05, 0) is 25.1 Å². The Hall–Kier alpha value is -1.57. The second-order valence-electron chi connectivity index (χ2n) is 4.15. The predicted molar refractivity (Wildman–Crippen MR) is 70.6 cm³/mol. The number of ether oxygens (including phenoxy) is 1. The van der Waals surface area contributed by atoms with Gasteiger partial charge in [-0.25, -0.2) is 4.98 Å². The summed E-state index contributed by atoms with van der Waals surface area (Å²) in [7, 11) is 1.66. The Kier molecular flexibility index (Phi) is 3.85. The number of nitriles is 1. The average Bonchev–Trinajstić information content (AvgIpc) is 2.76. The molecule has 1 atom stereocenters. The van der Waals surface area contributed by atoms with Crippen molar-refractivity contribution in [2.75, 3.05) is 13.7 Å². The van der Waals surface area contributed by atoms with E-state index in [1.165, 1.54) is 0 Å². The van der Waals surface area contributed by atoms with Gasteiger partial charge in [0.05, 0.1) is 41.2 Å². The van der Waals surface area contributed by atoms with Gasteiger partial charge >= 0.3 is 0 Å². The van der Waals surface area contributed by atoms with Crippen molar-refractivity contribution in [1.29, 1.82) is 5.26 Å². The lowest BCUT2D eigenvalue weighted by Gasteiger charge is -2.15. The van der Waals surface area contributed by atoms with E-state index in [0.29, 0.717) is 18.1 Å². The maximum Gasteiger partial charge on any atom is 0.125 e. The molecule has 2 aromatic rings. The molecular weight excluding hydrogens is 250 g/mol. The van der Waals surface area contributed by atoms with Crippen molar-refractivity contribution in [3.05, 3.63) is 29.6 Å². The third-order valence-electron chi connectivity index (χ3n) is 2.86. The first-order chi connectivity index (χ1) is 8.71. The number of hydrogen-bond acceptors (Lipinski definition) is 3. The van der Waals surface area contributed by atoms with Gasteiger partial charge in [-0.2, -0.15) is 5.26 Å². The highest BCUT2D eigenvalue weighted by Crippen LogP contribution is 2.23. The van der Waals surface area contributed by atoms with Gasteiger partial charge in [0, 0.05) is 7.11 Å². The molecule has 0 spiro atoms. The molecule has 94 valence electrons. The standard InChI is InChI=1S/C13H14ClN3O/c1-9(8-18-2)17-12-5-10(7-15)3-4-11(12)16-13(17)6-14/h3-5,9H,6,8H2,1-2H3. The second kappa shape index (κ2) is 5.38. The van der Waals surface area contributed by atoms with E-state index in [1.807, 2.05) is 23.6 Å². The summed E-state index contributed by atoms with van der Waals surface area (Å²) in [6, 6.07) is 7.71. The number of aromatic nitrogens is 2. The van der Waals surface area contributed by atoms with Crippen molar-refractivity contribution in [3.63, 3.8) is 0 Å². The summed E-state index contributed by atoms with van der Waals surface area (Å²) in [4.78, 5) is 4.48. The summed E-state index contributed by atoms with van der Waals surface area (Å²) in [5.74, 6) is 1.14. The summed E-state index contributed by atoms with van der Waals surface area (Å²) >= 11 is 5.93. The van der Waals surface area contributed by atoms with Gasteiger partial charge in [-0.15, -0.1) is 11.6 Å². The topological polar surface area (TPSA) is 50.8 Å². The minimum Gasteiger partial charge on any atom is -0.383 e. The Morgan fingerprint density at radius 3 is 2.94 bits per heavy atom. The summed E-state index contributed by atoms with van der Waals surface area (Å²) in [6.07, 6.45) is 0. The van der Waals surface area contributed by atoms with E-state index in [0.717, 1.165) is 16.9 Å². The van der Waals surface area contributed by atoms with Crippen LogP contribution >= 0.6 is 11.6 Å². The van der Waals surface area contributed by atoms with Crippen molar-refractivity contribution < 1.29 is 4.74 Å². The van der Waals surface area contributed by atoms with E-state index < -0.39 is 0 Å². The average molecular weight is 264 g/mol. The molecule has 0 aliphatic rings. The number of hydrogen-bond donors (Lipinski definition) is 0. The molecule has 0 saturated carbocycles. The molecule has 0 aliphatic carbocycles. The monoisotopic (exact) mass is 263 g/mol. The van der Waals surface area contributed by atoms with E-state index in [-0.39, 0.29) is 6.04 Å². The number of alkyl halides is 1. The zero-order valence-corrected chi connectivity index (χ0v) is 11.1. The molecule has 1 heterocycles. The smallest absolute Gasteiger partial charge is 0.125 e. The van der Waals surface area contributed by atoms with Crippen LogP contribution in [-0.4, -0.2) is 23.3 Å². The van der Waals surface area contributed by atoms with E-state index >= 15 is 0 Å². The third-order valence-corrected chi connectivity index (χ3v) is 3.10. The zero-order chi connectivity index (χ0) is 13.1. The SMILES string of the molecule is COCC(C)n1c(CCl)nc2ccc(C#N)cc21. The normalized spacial score (nSPS) is 12.6. The Morgan fingerprint density at radius 2 is 2.33 bits per heavy atom. The van der Waals surface area contributed by atoms with Gasteiger partial charge in [0.15, 0.2) is 0 Å². The van der Waals surface area contributed by atoms with Gasteiger partial charge in [-0.3, -0.25) is 0 Å². The third kappa shape index (κ3) is 2.20. The number of imidazole rings is 1. The van der Waals surface area contributed by atoms with Gasteiger partial charge in [0.25, 0.3) is 0 Å². The number of halogens is 1. The number of benzene rings is 1. The van der Waals surface area contributed by atoms with Crippen molar-refractivity contribution in [2.45, 2.75) is 18.8 Å². The molecule has 4 nitrogen and oxygen atoms in total. The largest absolute Gasteiger partial charge is 0.383 e. The molecule has 2 rings (SSSR count). The summed E-state index contributed by atoms with van der Waals surface area (Å²) < 4.78 is 7.21. The molecule has 0 N–H and O–H groups in total. The van der Waals surface area contributed by atoms with Crippen molar-refractivity contribution in [2.24, 2.45) is 0 Å². The van der Waals surface area contributed by atoms with E-state index in [4.69, 9.17) is 21.6 Å². The van der Waals surface area contributed by atoms with Crippen LogP contribution in [0, 0.1) is 11.3 Å². The Balaban J connectivity index is 2.63. The van der Waals surface area contributed by atoms with E-state index in [2.05, 4.69) is 11.1 Å². The van der Waals surface area contributed by atoms with Crippen LogP contribution in [0.5, 0.6) is 0 Å². The number of methoxy groups -OCH3 is 1. The molecule has 18 heavy (non-hydrogen) atoms. The van der Waals surface area contributed by atoms with Crippen LogP contribution in [0.1, 0.15) is 24.4 Å². The lowest BCUT2D eigenvalue weighted by atomic mass is 10.2. The molecule has 0 aliphatic heterocycles. The maximum absolute atomic E-state index is 8.96. The lowest BCUT2D eigenvalue weighted by molar-refractivity contribution is 0.163. The lowest BCUT2D eigenvalue weighted by Crippen LogP contribution is -2.13. The molecular formula is C13H14ClN3O. The Bertz CT molecular complexity index is 600. The van der Waals surface area contributed by atoms with E-state index in [9.17, 15) is 0 Å². The molecule has 0 bridgehead atoms. The minimum absolute atomic E-state index is 0.127. The molecule has 1 unspecified atom stereocenters. The Labute approximate surface area is 111 Å². The first-order valence-electron chi connectivity index (χ1n) is 5.67. The molecule has 0 amide bonds.